The molecule has 1 fully saturated rings. The summed E-state index contributed by atoms with van der Waals surface area (Å²) in [5.74, 6) is 0.883. The van der Waals surface area contributed by atoms with Crippen LogP contribution in [0.25, 0.3) is 0 Å². The highest BCUT2D eigenvalue weighted by Crippen LogP contribution is 2.28. The lowest BCUT2D eigenvalue weighted by molar-refractivity contribution is -0.121. The SMILES string of the molecule is COc1ccccc1C(CN)N1CCCNC(=O)C1. The molecule has 3 N–H and O–H groups in total. The Kier molecular flexibility index (Phi) is 4.76. The zero-order chi connectivity index (χ0) is 13.7. The fraction of sp³-hybridized carbons (Fsp3) is 0.500. The molecule has 1 amide bonds. The molecule has 1 heterocycles. The second-order valence-electron chi connectivity index (χ2n) is 4.67. The maximum atomic E-state index is 11.7. The molecule has 1 aliphatic heterocycles. The Labute approximate surface area is 113 Å². The van der Waals surface area contributed by atoms with Gasteiger partial charge in [-0.05, 0) is 12.5 Å². The van der Waals surface area contributed by atoms with Crippen LogP contribution in [0, 0.1) is 0 Å². The third-order valence-electron chi connectivity index (χ3n) is 3.45. The summed E-state index contributed by atoms with van der Waals surface area (Å²) in [6, 6.07) is 7.86. The number of hydrogen-bond acceptors (Lipinski definition) is 4. The van der Waals surface area contributed by atoms with Gasteiger partial charge in [-0.25, -0.2) is 0 Å². The van der Waals surface area contributed by atoms with E-state index in [-0.39, 0.29) is 11.9 Å². The van der Waals surface area contributed by atoms with Crippen LogP contribution in [0.5, 0.6) is 5.75 Å². The highest BCUT2D eigenvalue weighted by atomic mass is 16.5. The molecule has 0 aliphatic carbocycles. The van der Waals surface area contributed by atoms with Gasteiger partial charge in [0, 0.05) is 25.2 Å². The van der Waals surface area contributed by atoms with Crippen molar-refractivity contribution in [2.45, 2.75) is 12.5 Å². The molecule has 1 saturated heterocycles. The molecule has 2 rings (SSSR count). The smallest absolute Gasteiger partial charge is 0.234 e. The number of rotatable bonds is 4. The monoisotopic (exact) mass is 263 g/mol. The third kappa shape index (κ3) is 3.24. The number of ether oxygens (including phenoxy) is 1. The van der Waals surface area contributed by atoms with Crippen molar-refractivity contribution in [1.29, 1.82) is 0 Å². The lowest BCUT2D eigenvalue weighted by atomic mass is 10.0. The average Bonchev–Trinajstić information content (AvgIpc) is 2.65. The van der Waals surface area contributed by atoms with E-state index in [0.29, 0.717) is 13.1 Å². The zero-order valence-corrected chi connectivity index (χ0v) is 11.3. The molecular formula is C14H21N3O2. The minimum Gasteiger partial charge on any atom is -0.496 e. The number of nitrogens with zero attached hydrogens (tertiary/aromatic N) is 1. The Morgan fingerprint density at radius 1 is 1.47 bits per heavy atom. The van der Waals surface area contributed by atoms with Crippen LogP contribution < -0.4 is 15.8 Å². The van der Waals surface area contributed by atoms with Crippen LogP contribution in [0.15, 0.2) is 24.3 Å². The van der Waals surface area contributed by atoms with Crippen molar-refractivity contribution in [2.24, 2.45) is 5.73 Å². The van der Waals surface area contributed by atoms with Gasteiger partial charge in [0.25, 0.3) is 0 Å². The van der Waals surface area contributed by atoms with Crippen molar-refractivity contribution < 1.29 is 9.53 Å². The van der Waals surface area contributed by atoms with Gasteiger partial charge in [0.15, 0.2) is 0 Å². The van der Waals surface area contributed by atoms with Crippen LogP contribution in [0.2, 0.25) is 0 Å². The number of para-hydroxylation sites is 1. The van der Waals surface area contributed by atoms with Gasteiger partial charge in [-0.3, -0.25) is 9.69 Å². The summed E-state index contributed by atoms with van der Waals surface area (Å²) in [6.45, 7) is 2.45. The molecule has 1 atom stereocenters. The van der Waals surface area contributed by atoms with E-state index in [1.54, 1.807) is 7.11 Å². The number of carbonyl (C=O) groups is 1. The van der Waals surface area contributed by atoms with E-state index < -0.39 is 0 Å². The predicted octanol–water partition coefficient (Wildman–Crippen LogP) is 0.517. The van der Waals surface area contributed by atoms with Crippen LogP contribution in [-0.2, 0) is 4.79 Å². The lowest BCUT2D eigenvalue weighted by Gasteiger charge is -2.29. The molecule has 0 spiro atoms. The van der Waals surface area contributed by atoms with E-state index in [2.05, 4.69) is 10.2 Å². The maximum Gasteiger partial charge on any atom is 0.234 e. The van der Waals surface area contributed by atoms with Crippen LogP contribution in [0.3, 0.4) is 0 Å². The molecule has 5 nitrogen and oxygen atoms in total. The van der Waals surface area contributed by atoms with Crippen LogP contribution in [0.4, 0.5) is 0 Å². The number of carbonyl (C=O) groups excluding carboxylic acids is 1. The second kappa shape index (κ2) is 6.54. The number of nitrogens with one attached hydrogen (secondary N) is 1. The fourth-order valence-electron chi connectivity index (χ4n) is 2.51. The van der Waals surface area contributed by atoms with Gasteiger partial charge < -0.3 is 15.8 Å². The molecule has 19 heavy (non-hydrogen) atoms. The van der Waals surface area contributed by atoms with E-state index in [1.165, 1.54) is 0 Å². The topological polar surface area (TPSA) is 67.6 Å². The van der Waals surface area contributed by atoms with Crippen LogP contribution in [-0.4, -0.2) is 44.1 Å². The Bertz CT molecular complexity index is 436. The number of benzene rings is 1. The highest BCUT2D eigenvalue weighted by molar-refractivity contribution is 5.78. The molecule has 1 aromatic rings. The first kappa shape index (κ1) is 13.8. The number of amides is 1. The quantitative estimate of drug-likeness (QED) is 0.831. The van der Waals surface area contributed by atoms with Crippen LogP contribution >= 0.6 is 0 Å². The average molecular weight is 263 g/mol. The Hall–Kier alpha value is -1.59. The minimum absolute atomic E-state index is 0.0139. The predicted molar refractivity (Wildman–Crippen MR) is 74.0 cm³/mol. The van der Waals surface area contributed by atoms with Crippen molar-refractivity contribution in [3.05, 3.63) is 29.8 Å². The minimum atomic E-state index is 0.0139. The van der Waals surface area contributed by atoms with Gasteiger partial charge in [-0.2, -0.15) is 0 Å². The first-order valence-corrected chi connectivity index (χ1v) is 6.60. The molecule has 1 aliphatic rings. The van der Waals surface area contributed by atoms with Gasteiger partial charge in [0.1, 0.15) is 5.75 Å². The van der Waals surface area contributed by atoms with Crippen molar-refractivity contribution in [3.63, 3.8) is 0 Å². The first-order valence-electron chi connectivity index (χ1n) is 6.60. The summed E-state index contributed by atoms with van der Waals surface area (Å²) in [5.41, 5.74) is 6.97. The molecule has 1 unspecified atom stereocenters. The summed E-state index contributed by atoms with van der Waals surface area (Å²) in [5, 5.41) is 2.88. The molecule has 0 radical (unpaired) electrons. The van der Waals surface area contributed by atoms with Gasteiger partial charge in [-0.15, -0.1) is 0 Å². The summed E-state index contributed by atoms with van der Waals surface area (Å²) < 4.78 is 5.39. The van der Waals surface area contributed by atoms with Crippen molar-refractivity contribution in [1.82, 2.24) is 10.2 Å². The second-order valence-corrected chi connectivity index (χ2v) is 4.67. The summed E-state index contributed by atoms with van der Waals surface area (Å²) >= 11 is 0. The summed E-state index contributed by atoms with van der Waals surface area (Å²) in [7, 11) is 1.65. The van der Waals surface area contributed by atoms with Crippen molar-refractivity contribution in [3.8, 4) is 5.75 Å². The molecule has 0 saturated carbocycles. The van der Waals surface area contributed by atoms with Crippen LogP contribution in [0.1, 0.15) is 18.0 Å². The lowest BCUT2D eigenvalue weighted by Crippen LogP contribution is -2.38. The van der Waals surface area contributed by atoms with Crippen molar-refractivity contribution in [2.75, 3.05) is 33.3 Å². The van der Waals surface area contributed by atoms with Gasteiger partial charge >= 0.3 is 0 Å². The van der Waals surface area contributed by atoms with E-state index in [4.69, 9.17) is 10.5 Å². The fourth-order valence-corrected chi connectivity index (χ4v) is 2.51. The molecule has 5 heteroatoms. The molecule has 104 valence electrons. The molecule has 1 aromatic carbocycles. The number of methoxy groups -OCH3 is 1. The highest BCUT2D eigenvalue weighted by Gasteiger charge is 2.25. The largest absolute Gasteiger partial charge is 0.496 e. The Morgan fingerprint density at radius 3 is 3.00 bits per heavy atom. The number of nitrogens with two attached hydrogens (primary N) is 1. The third-order valence-corrected chi connectivity index (χ3v) is 3.45. The normalized spacial score (nSPS) is 18.5. The Balaban J connectivity index is 2.25. The first-order chi connectivity index (χ1) is 9.26. The molecule has 0 bridgehead atoms. The van der Waals surface area contributed by atoms with E-state index in [9.17, 15) is 4.79 Å². The van der Waals surface area contributed by atoms with Gasteiger partial charge in [-0.1, -0.05) is 18.2 Å². The van der Waals surface area contributed by atoms with Gasteiger partial charge in [0.2, 0.25) is 5.91 Å². The number of hydrogen-bond donors (Lipinski definition) is 2. The van der Waals surface area contributed by atoms with Crippen molar-refractivity contribution >= 4 is 5.91 Å². The molecule has 0 aromatic heterocycles. The van der Waals surface area contributed by atoms with Gasteiger partial charge in [0.05, 0.1) is 19.7 Å². The van der Waals surface area contributed by atoms with E-state index in [0.717, 1.165) is 30.8 Å². The zero-order valence-electron chi connectivity index (χ0n) is 11.3. The standard InChI is InChI=1S/C14H21N3O2/c1-19-13-6-3-2-5-11(13)12(9-15)17-8-4-7-16-14(18)10-17/h2-3,5-6,12H,4,7-10,15H2,1H3,(H,16,18). The summed E-state index contributed by atoms with van der Waals surface area (Å²) in [6.07, 6.45) is 0.942. The summed E-state index contributed by atoms with van der Waals surface area (Å²) in [4.78, 5) is 13.8. The Morgan fingerprint density at radius 2 is 2.26 bits per heavy atom. The maximum absolute atomic E-state index is 11.7. The van der Waals surface area contributed by atoms with E-state index in [1.807, 2.05) is 24.3 Å². The molecular weight excluding hydrogens is 242 g/mol. The van der Waals surface area contributed by atoms with E-state index >= 15 is 0 Å².